The monoisotopic (exact) mass is 198 g/mol. The topological polar surface area (TPSA) is 25.8 Å². The molecule has 0 fully saturated rings. The van der Waals surface area contributed by atoms with E-state index in [0.29, 0.717) is 0 Å². The van der Waals surface area contributed by atoms with Crippen molar-refractivity contribution >= 4 is 11.0 Å². The van der Waals surface area contributed by atoms with Crippen LogP contribution in [0.25, 0.3) is 11.0 Å². The molecular formula is C13H14N2. The Morgan fingerprint density at radius 2 is 2.00 bits per heavy atom. The number of fused-ring (bicyclic) bond motifs is 2. The van der Waals surface area contributed by atoms with Gasteiger partial charge >= 0.3 is 0 Å². The molecule has 0 aliphatic heterocycles. The maximum Gasteiger partial charge on any atom is 0.159 e. The zero-order valence-corrected chi connectivity index (χ0v) is 8.74. The van der Waals surface area contributed by atoms with Crippen LogP contribution in [0.3, 0.4) is 0 Å². The van der Waals surface area contributed by atoms with Crippen molar-refractivity contribution in [1.29, 1.82) is 0 Å². The van der Waals surface area contributed by atoms with E-state index in [2.05, 4.69) is 22.1 Å². The third-order valence-electron chi connectivity index (χ3n) is 3.12. The molecule has 0 aromatic carbocycles. The van der Waals surface area contributed by atoms with E-state index in [1.165, 1.54) is 42.3 Å². The SMILES string of the molecule is c1cnc2nc3c(cc2c1)CCCCC3. The van der Waals surface area contributed by atoms with Crippen LogP contribution in [-0.4, -0.2) is 9.97 Å². The molecule has 15 heavy (non-hydrogen) atoms. The summed E-state index contributed by atoms with van der Waals surface area (Å²) in [5.41, 5.74) is 3.62. The summed E-state index contributed by atoms with van der Waals surface area (Å²) in [6.07, 6.45) is 8.05. The Hall–Kier alpha value is -1.44. The van der Waals surface area contributed by atoms with Crippen molar-refractivity contribution in [2.45, 2.75) is 32.1 Å². The summed E-state index contributed by atoms with van der Waals surface area (Å²) < 4.78 is 0. The van der Waals surface area contributed by atoms with Gasteiger partial charge in [0.2, 0.25) is 0 Å². The van der Waals surface area contributed by atoms with Gasteiger partial charge in [0.15, 0.2) is 5.65 Å². The van der Waals surface area contributed by atoms with Crippen molar-refractivity contribution in [2.75, 3.05) is 0 Å². The van der Waals surface area contributed by atoms with Crippen LogP contribution in [-0.2, 0) is 12.8 Å². The van der Waals surface area contributed by atoms with Gasteiger partial charge in [-0.15, -0.1) is 0 Å². The number of aromatic nitrogens is 2. The lowest BCUT2D eigenvalue weighted by Crippen LogP contribution is -1.97. The number of pyridine rings is 2. The summed E-state index contributed by atoms with van der Waals surface area (Å²) in [6, 6.07) is 6.35. The van der Waals surface area contributed by atoms with Gasteiger partial charge in [0.05, 0.1) is 0 Å². The molecule has 2 aromatic rings. The first kappa shape index (κ1) is 8.84. The summed E-state index contributed by atoms with van der Waals surface area (Å²) in [5.74, 6) is 0. The Bertz CT molecular complexity index is 446. The highest BCUT2D eigenvalue weighted by Crippen LogP contribution is 2.22. The molecule has 0 radical (unpaired) electrons. The van der Waals surface area contributed by atoms with E-state index in [0.717, 1.165) is 12.1 Å². The molecular weight excluding hydrogens is 184 g/mol. The minimum atomic E-state index is 0.901. The van der Waals surface area contributed by atoms with Crippen molar-refractivity contribution in [2.24, 2.45) is 0 Å². The minimum Gasteiger partial charge on any atom is -0.237 e. The number of aryl methyl sites for hydroxylation is 2. The molecule has 0 atom stereocenters. The van der Waals surface area contributed by atoms with E-state index < -0.39 is 0 Å². The molecule has 0 amide bonds. The number of hydrogen-bond acceptors (Lipinski definition) is 2. The van der Waals surface area contributed by atoms with E-state index in [9.17, 15) is 0 Å². The van der Waals surface area contributed by atoms with Crippen LogP contribution < -0.4 is 0 Å². The molecule has 0 saturated carbocycles. The Morgan fingerprint density at radius 1 is 1.07 bits per heavy atom. The molecule has 3 rings (SSSR count). The van der Waals surface area contributed by atoms with Gasteiger partial charge in [0.1, 0.15) is 0 Å². The third kappa shape index (κ3) is 1.60. The molecule has 0 N–H and O–H groups in total. The third-order valence-corrected chi connectivity index (χ3v) is 3.12. The van der Waals surface area contributed by atoms with Gasteiger partial charge in [-0.05, 0) is 49.4 Å². The fraction of sp³-hybridized carbons (Fsp3) is 0.385. The van der Waals surface area contributed by atoms with Crippen molar-refractivity contribution in [3.63, 3.8) is 0 Å². The molecule has 0 unspecified atom stereocenters. The average Bonchev–Trinajstić information content (AvgIpc) is 2.50. The van der Waals surface area contributed by atoms with E-state index in [4.69, 9.17) is 0 Å². The Labute approximate surface area is 89.4 Å². The molecule has 2 aromatic heterocycles. The van der Waals surface area contributed by atoms with E-state index in [1.54, 1.807) is 0 Å². The molecule has 0 bridgehead atoms. The summed E-state index contributed by atoms with van der Waals surface area (Å²) in [7, 11) is 0. The second kappa shape index (κ2) is 3.61. The first-order valence-corrected chi connectivity index (χ1v) is 5.67. The Balaban J connectivity index is 2.20. The molecule has 2 heterocycles. The van der Waals surface area contributed by atoms with Gasteiger partial charge in [0, 0.05) is 17.3 Å². The zero-order valence-electron chi connectivity index (χ0n) is 8.74. The average molecular weight is 198 g/mol. The quantitative estimate of drug-likeness (QED) is 0.608. The van der Waals surface area contributed by atoms with Crippen LogP contribution in [0.15, 0.2) is 24.4 Å². The second-order valence-electron chi connectivity index (χ2n) is 4.20. The van der Waals surface area contributed by atoms with Crippen LogP contribution in [0.5, 0.6) is 0 Å². The van der Waals surface area contributed by atoms with Gasteiger partial charge < -0.3 is 0 Å². The lowest BCUT2D eigenvalue weighted by atomic mass is 10.1. The highest BCUT2D eigenvalue weighted by Gasteiger charge is 2.10. The largest absolute Gasteiger partial charge is 0.237 e. The fourth-order valence-electron chi connectivity index (χ4n) is 2.30. The maximum atomic E-state index is 4.66. The van der Waals surface area contributed by atoms with Crippen molar-refractivity contribution in [1.82, 2.24) is 9.97 Å². The summed E-state index contributed by atoms with van der Waals surface area (Å²) in [5, 5.41) is 1.18. The van der Waals surface area contributed by atoms with Crippen molar-refractivity contribution in [3.05, 3.63) is 35.7 Å². The van der Waals surface area contributed by atoms with Crippen molar-refractivity contribution < 1.29 is 0 Å². The Morgan fingerprint density at radius 3 is 3.00 bits per heavy atom. The van der Waals surface area contributed by atoms with Gasteiger partial charge in [-0.25, -0.2) is 9.97 Å². The molecule has 1 aliphatic carbocycles. The highest BCUT2D eigenvalue weighted by molar-refractivity contribution is 5.75. The lowest BCUT2D eigenvalue weighted by Gasteiger charge is -2.05. The standard InChI is InChI=1S/C13H14N2/c1-2-5-10-9-11-6-4-8-14-13(11)15-12(10)7-3-1/h4,6,8-9H,1-3,5,7H2. The fourth-order valence-corrected chi connectivity index (χ4v) is 2.30. The molecule has 0 spiro atoms. The number of nitrogens with zero attached hydrogens (tertiary/aromatic N) is 2. The second-order valence-corrected chi connectivity index (χ2v) is 4.20. The lowest BCUT2D eigenvalue weighted by molar-refractivity contribution is 0.709. The van der Waals surface area contributed by atoms with E-state index in [1.807, 2.05) is 12.3 Å². The van der Waals surface area contributed by atoms with Gasteiger partial charge in [-0.1, -0.05) is 6.42 Å². The molecule has 1 aliphatic rings. The minimum absolute atomic E-state index is 0.901. The molecule has 76 valence electrons. The highest BCUT2D eigenvalue weighted by atomic mass is 14.8. The first-order valence-electron chi connectivity index (χ1n) is 5.67. The van der Waals surface area contributed by atoms with Crippen LogP contribution >= 0.6 is 0 Å². The Kier molecular flexibility index (Phi) is 2.13. The van der Waals surface area contributed by atoms with E-state index in [-0.39, 0.29) is 0 Å². The van der Waals surface area contributed by atoms with E-state index >= 15 is 0 Å². The van der Waals surface area contributed by atoms with Crippen LogP contribution in [0.2, 0.25) is 0 Å². The zero-order chi connectivity index (χ0) is 10.1. The van der Waals surface area contributed by atoms with Crippen LogP contribution in [0.1, 0.15) is 30.5 Å². The molecule has 0 saturated heterocycles. The molecule has 2 nitrogen and oxygen atoms in total. The first-order chi connectivity index (χ1) is 7.43. The van der Waals surface area contributed by atoms with Crippen molar-refractivity contribution in [3.8, 4) is 0 Å². The predicted octanol–water partition coefficient (Wildman–Crippen LogP) is 2.90. The summed E-state index contributed by atoms with van der Waals surface area (Å²) >= 11 is 0. The predicted molar refractivity (Wildman–Crippen MR) is 60.8 cm³/mol. The van der Waals surface area contributed by atoms with Crippen LogP contribution in [0.4, 0.5) is 0 Å². The van der Waals surface area contributed by atoms with Gasteiger partial charge in [-0.3, -0.25) is 0 Å². The number of rotatable bonds is 0. The van der Waals surface area contributed by atoms with Gasteiger partial charge in [0.25, 0.3) is 0 Å². The summed E-state index contributed by atoms with van der Waals surface area (Å²) in [6.45, 7) is 0. The smallest absolute Gasteiger partial charge is 0.159 e. The van der Waals surface area contributed by atoms with Gasteiger partial charge in [-0.2, -0.15) is 0 Å². The summed E-state index contributed by atoms with van der Waals surface area (Å²) in [4.78, 5) is 8.97. The maximum absolute atomic E-state index is 4.66. The van der Waals surface area contributed by atoms with Crippen LogP contribution in [0, 0.1) is 0 Å². The number of hydrogen-bond donors (Lipinski definition) is 0. The molecule has 2 heteroatoms. The normalized spacial score (nSPS) is 16.0.